The monoisotopic (exact) mass is 372 g/mol. The number of nitrogens with one attached hydrogen (secondary N) is 3. The molecule has 136 valence electrons. The zero-order valence-corrected chi connectivity index (χ0v) is 14.6. The van der Waals surface area contributed by atoms with E-state index in [2.05, 4.69) is 37.0 Å². The normalized spacial score (nSPS) is 12.1. The van der Waals surface area contributed by atoms with E-state index in [9.17, 15) is 13.2 Å². The maximum atomic E-state index is 12.6. The van der Waals surface area contributed by atoms with Crippen LogP contribution in [0.3, 0.4) is 0 Å². The maximum Gasteiger partial charge on any atom is 0.433 e. The quantitative estimate of drug-likeness (QED) is 0.413. The van der Waals surface area contributed by atoms with Crippen LogP contribution >= 0.6 is 11.3 Å². The van der Waals surface area contributed by atoms with Crippen molar-refractivity contribution in [3.8, 4) is 0 Å². The number of aliphatic imine (C=N–C) groups is 1. The van der Waals surface area contributed by atoms with Crippen molar-refractivity contribution in [2.75, 3.05) is 25.5 Å². The Balaban J connectivity index is 1.74. The topological polar surface area (TPSA) is 74.2 Å². The number of aryl methyl sites for hydroxylation is 1. The SMILES string of the molecule is CN=C(NCCNc1nccc(C(F)(F)F)n1)NCc1ccc(C)s1. The summed E-state index contributed by atoms with van der Waals surface area (Å²) in [5, 5.41) is 8.98. The highest BCUT2D eigenvalue weighted by Gasteiger charge is 2.32. The van der Waals surface area contributed by atoms with Crippen molar-refractivity contribution in [1.82, 2.24) is 20.6 Å². The van der Waals surface area contributed by atoms with Crippen LogP contribution in [0.1, 0.15) is 15.4 Å². The van der Waals surface area contributed by atoms with Crippen LogP contribution in [0, 0.1) is 6.92 Å². The third kappa shape index (κ3) is 6.22. The smallest absolute Gasteiger partial charge is 0.355 e. The number of hydrogen-bond donors (Lipinski definition) is 3. The molecule has 25 heavy (non-hydrogen) atoms. The van der Waals surface area contributed by atoms with Crippen LogP contribution in [0.5, 0.6) is 0 Å². The van der Waals surface area contributed by atoms with Crippen molar-refractivity contribution >= 4 is 23.2 Å². The van der Waals surface area contributed by atoms with Gasteiger partial charge in [0.05, 0.1) is 6.54 Å². The highest BCUT2D eigenvalue weighted by molar-refractivity contribution is 7.11. The largest absolute Gasteiger partial charge is 0.433 e. The van der Waals surface area contributed by atoms with Crippen LogP contribution in [0.15, 0.2) is 29.4 Å². The summed E-state index contributed by atoms with van der Waals surface area (Å²) in [7, 11) is 1.65. The van der Waals surface area contributed by atoms with Crippen molar-refractivity contribution in [3.05, 3.63) is 39.8 Å². The summed E-state index contributed by atoms with van der Waals surface area (Å²) in [6.45, 7) is 3.49. The van der Waals surface area contributed by atoms with Crippen molar-refractivity contribution in [1.29, 1.82) is 0 Å². The third-order valence-corrected chi connectivity index (χ3v) is 4.10. The highest BCUT2D eigenvalue weighted by Crippen LogP contribution is 2.27. The fraction of sp³-hybridized carbons (Fsp3) is 0.400. The van der Waals surface area contributed by atoms with Crippen LogP contribution in [0.2, 0.25) is 0 Å². The van der Waals surface area contributed by atoms with E-state index in [4.69, 9.17) is 0 Å². The number of halogens is 3. The molecule has 0 saturated carbocycles. The molecule has 2 aromatic rings. The molecule has 0 bridgehead atoms. The molecular weight excluding hydrogens is 353 g/mol. The van der Waals surface area contributed by atoms with Gasteiger partial charge < -0.3 is 16.0 Å². The second kappa shape index (κ2) is 8.65. The van der Waals surface area contributed by atoms with Gasteiger partial charge >= 0.3 is 6.18 Å². The average molecular weight is 372 g/mol. The van der Waals surface area contributed by atoms with E-state index in [1.807, 2.05) is 13.0 Å². The first kappa shape index (κ1) is 19.0. The molecule has 0 aliphatic heterocycles. The fourth-order valence-electron chi connectivity index (χ4n) is 1.93. The Labute approximate surface area is 147 Å². The molecule has 0 amide bonds. The molecule has 0 aliphatic carbocycles. The molecular formula is C15H19F3N6S. The van der Waals surface area contributed by atoms with E-state index >= 15 is 0 Å². The standard InChI is InChI=1S/C15H19F3N6S/c1-10-3-4-11(25-10)9-23-13(19-2)21-7-8-22-14-20-6-5-12(24-14)15(16,17)18/h3-6H,7-9H2,1-2H3,(H2,19,21,23)(H,20,22,24). The Morgan fingerprint density at radius 1 is 1.20 bits per heavy atom. The van der Waals surface area contributed by atoms with Gasteiger partial charge in [-0.05, 0) is 25.1 Å². The molecule has 2 aromatic heterocycles. The van der Waals surface area contributed by atoms with Crippen molar-refractivity contribution in [2.24, 2.45) is 4.99 Å². The summed E-state index contributed by atoms with van der Waals surface area (Å²) in [5.74, 6) is 0.548. The number of guanidine groups is 1. The predicted octanol–water partition coefficient (Wildman–Crippen LogP) is 2.64. The predicted molar refractivity (Wildman–Crippen MR) is 92.8 cm³/mol. The van der Waals surface area contributed by atoms with Crippen molar-refractivity contribution < 1.29 is 13.2 Å². The minimum absolute atomic E-state index is 0.0615. The zero-order chi connectivity index (χ0) is 18.3. The van der Waals surface area contributed by atoms with E-state index in [0.29, 0.717) is 25.6 Å². The summed E-state index contributed by atoms with van der Waals surface area (Å²) < 4.78 is 37.7. The lowest BCUT2D eigenvalue weighted by Crippen LogP contribution is -2.39. The summed E-state index contributed by atoms with van der Waals surface area (Å²) in [6.07, 6.45) is -3.40. The molecule has 0 radical (unpaired) electrons. The van der Waals surface area contributed by atoms with Gasteiger partial charge in [-0.25, -0.2) is 9.97 Å². The number of anilines is 1. The summed E-state index contributed by atoms with van der Waals surface area (Å²) in [6, 6.07) is 4.94. The maximum absolute atomic E-state index is 12.6. The Morgan fingerprint density at radius 2 is 2.00 bits per heavy atom. The van der Waals surface area contributed by atoms with Crippen molar-refractivity contribution in [3.63, 3.8) is 0 Å². The van der Waals surface area contributed by atoms with Gasteiger partial charge in [-0.15, -0.1) is 11.3 Å². The van der Waals surface area contributed by atoms with E-state index in [1.165, 1.54) is 9.75 Å². The number of thiophene rings is 1. The Morgan fingerprint density at radius 3 is 2.64 bits per heavy atom. The summed E-state index contributed by atoms with van der Waals surface area (Å²) >= 11 is 1.70. The molecule has 0 aliphatic rings. The summed E-state index contributed by atoms with van der Waals surface area (Å²) in [4.78, 5) is 13.7. The number of nitrogens with zero attached hydrogens (tertiary/aromatic N) is 3. The first-order chi connectivity index (χ1) is 11.9. The van der Waals surface area contributed by atoms with E-state index in [1.54, 1.807) is 18.4 Å². The molecule has 0 atom stereocenters. The first-order valence-corrected chi connectivity index (χ1v) is 8.34. The molecule has 0 aromatic carbocycles. The number of hydrogen-bond acceptors (Lipinski definition) is 5. The molecule has 10 heteroatoms. The van der Waals surface area contributed by atoms with Crippen LogP contribution in [0.4, 0.5) is 19.1 Å². The first-order valence-electron chi connectivity index (χ1n) is 7.52. The van der Waals surface area contributed by atoms with Gasteiger partial charge in [-0.1, -0.05) is 0 Å². The van der Waals surface area contributed by atoms with Crippen LogP contribution in [-0.4, -0.2) is 36.1 Å². The minimum Gasteiger partial charge on any atom is -0.355 e. The van der Waals surface area contributed by atoms with Gasteiger partial charge in [0, 0.05) is 36.1 Å². The number of rotatable bonds is 6. The van der Waals surface area contributed by atoms with E-state index < -0.39 is 11.9 Å². The van der Waals surface area contributed by atoms with E-state index in [0.717, 1.165) is 12.3 Å². The molecule has 2 rings (SSSR count). The van der Waals surface area contributed by atoms with Crippen LogP contribution in [-0.2, 0) is 12.7 Å². The van der Waals surface area contributed by atoms with Crippen LogP contribution < -0.4 is 16.0 Å². The molecule has 0 spiro atoms. The Bertz CT molecular complexity index is 713. The molecule has 0 saturated heterocycles. The molecule has 0 unspecified atom stereocenters. The lowest BCUT2D eigenvalue weighted by Gasteiger charge is -2.12. The van der Waals surface area contributed by atoms with Gasteiger partial charge in [0.25, 0.3) is 0 Å². The molecule has 2 heterocycles. The van der Waals surface area contributed by atoms with Gasteiger partial charge in [0.15, 0.2) is 5.96 Å². The molecule has 0 fully saturated rings. The molecule has 6 nitrogen and oxygen atoms in total. The van der Waals surface area contributed by atoms with Crippen molar-refractivity contribution in [2.45, 2.75) is 19.6 Å². The fourth-order valence-corrected chi connectivity index (χ4v) is 2.76. The lowest BCUT2D eigenvalue weighted by molar-refractivity contribution is -0.141. The summed E-state index contributed by atoms with van der Waals surface area (Å²) in [5.41, 5.74) is -0.971. The molecule has 3 N–H and O–H groups in total. The van der Waals surface area contributed by atoms with Gasteiger partial charge in [-0.3, -0.25) is 4.99 Å². The van der Waals surface area contributed by atoms with Gasteiger partial charge in [0.1, 0.15) is 5.69 Å². The second-order valence-electron chi connectivity index (χ2n) is 5.05. The highest BCUT2D eigenvalue weighted by atomic mass is 32.1. The van der Waals surface area contributed by atoms with Gasteiger partial charge in [0.2, 0.25) is 5.95 Å². The Kier molecular flexibility index (Phi) is 6.57. The van der Waals surface area contributed by atoms with E-state index in [-0.39, 0.29) is 5.95 Å². The van der Waals surface area contributed by atoms with Gasteiger partial charge in [-0.2, -0.15) is 13.2 Å². The Hall–Kier alpha value is -2.36. The third-order valence-electron chi connectivity index (χ3n) is 3.10. The van der Waals surface area contributed by atoms with Crippen LogP contribution in [0.25, 0.3) is 0 Å². The lowest BCUT2D eigenvalue weighted by atomic mass is 10.4. The number of aromatic nitrogens is 2. The average Bonchev–Trinajstić information content (AvgIpc) is 2.99. The second-order valence-corrected chi connectivity index (χ2v) is 6.43. The zero-order valence-electron chi connectivity index (χ0n) is 13.8. The minimum atomic E-state index is -4.48. The number of alkyl halides is 3.